The monoisotopic (exact) mass is 259 g/mol. The third-order valence-corrected chi connectivity index (χ3v) is 2.53. The molecule has 0 aromatic rings. The molecule has 4 nitrogen and oxygen atoms in total. The molecule has 1 atom stereocenters. The van der Waals surface area contributed by atoms with E-state index in [4.69, 9.17) is 27.0 Å². The molecule has 0 aliphatic rings. The van der Waals surface area contributed by atoms with E-state index in [0.717, 1.165) is 18.2 Å². The number of hydrogen-bond acceptors (Lipinski definition) is 6. The molecule has 0 N–H and O–H groups in total. The van der Waals surface area contributed by atoms with Gasteiger partial charge in [-0.05, 0) is 31.3 Å². The molecule has 0 aromatic carbocycles. The zero-order valence-corrected chi connectivity index (χ0v) is 10.6. The second-order valence-electron chi connectivity index (χ2n) is 2.68. The van der Waals surface area contributed by atoms with E-state index in [-0.39, 0.29) is 11.0 Å². The summed E-state index contributed by atoms with van der Waals surface area (Å²) < 4.78 is 9.89. The number of carbonyl (C=O) groups is 1. The van der Waals surface area contributed by atoms with Crippen LogP contribution in [0.25, 0.3) is 0 Å². The standard InChI is InChI=1S/C10H13NO3S2/c1-3-4-5-6-13-9(12)8(7-11)14-10(15)16-2/h3,8H,1,4-6H2,2H3. The fourth-order valence-electron chi connectivity index (χ4n) is 0.748. The lowest BCUT2D eigenvalue weighted by molar-refractivity contribution is -0.149. The summed E-state index contributed by atoms with van der Waals surface area (Å²) in [4.78, 5) is 11.3. The summed E-state index contributed by atoms with van der Waals surface area (Å²) in [5.41, 5.74) is 0. The van der Waals surface area contributed by atoms with Crippen molar-refractivity contribution in [3.63, 3.8) is 0 Å². The summed E-state index contributed by atoms with van der Waals surface area (Å²) in [5, 5.41) is 8.68. The van der Waals surface area contributed by atoms with Gasteiger partial charge in [-0.15, -0.1) is 6.58 Å². The number of thioether (sulfide) groups is 1. The van der Waals surface area contributed by atoms with E-state index in [1.807, 2.05) is 0 Å². The van der Waals surface area contributed by atoms with Gasteiger partial charge in [0.25, 0.3) is 6.10 Å². The Balaban J connectivity index is 3.97. The van der Waals surface area contributed by atoms with Crippen molar-refractivity contribution in [3.8, 4) is 6.07 Å². The van der Waals surface area contributed by atoms with Crippen LogP contribution in [-0.2, 0) is 14.3 Å². The number of rotatable bonds is 6. The van der Waals surface area contributed by atoms with Gasteiger partial charge in [0, 0.05) is 0 Å². The Morgan fingerprint density at radius 2 is 2.44 bits per heavy atom. The summed E-state index contributed by atoms with van der Waals surface area (Å²) in [6.07, 6.45) is 3.60. The quantitative estimate of drug-likeness (QED) is 0.315. The normalized spacial score (nSPS) is 11.0. The molecule has 0 aliphatic heterocycles. The number of unbranched alkanes of at least 4 members (excludes halogenated alkanes) is 1. The van der Waals surface area contributed by atoms with E-state index >= 15 is 0 Å². The number of carbonyl (C=O) groups excluding carboxylic acids is 1. The number of hydrogen-bond donors (Lipinski definition) is 0. The van der Waals surface area contributed by atoms with E-state index in [1.54, 1.807) is 18.4 Å². The van der Waals surface area contributed by atoms with Gasteiger partial charge in [-0.25, -0.2) is 4.79 Å². The zero-order chi connectivity index (χ0) is 12.4. The molecule has 0 saturated carbocycles. The van der Waals surface area contributed by atoms with Crippen LogP contribution in [0.4, 0.5) is 0 Å². The molecule has 0 heterocycles. The fraction of sp³-hybridized carbons (Fsp3) is 0.500. The molecule has 0 aromatic heterocycles. The Hall–Kier alpha value is -1.06. The lowest BCUT2D eigenvalue weighted by Gasteiger charge is -2.10. The first-order valence-corrected chi connectivity index (χ1v) is 6.20. The Morgan fingerprint density at radius 3 is 2.94 bits per heavy atom. The maximum atomic E-state index is 11.3. The van der Waals surface area contributed by atoms with E-state index in [9.17, 15) is 4.79 Å². The number of esters is 1. The number of nitriles is 1. The minimum Gasteiger partial charge on any atom is -0.462 e. The van der Waals surface area contributed by atoms with Gasteiger partial charge in [-0.3, -0.25) is 0 Å². The predicted molar refractivity (Wildman–Crippen MR) is 67.0 cm³/mol. The molecule has 0 aliphatic carbocycles. The summed E-state index contributed by atoms with van der Waals surface area (Å²) in [6, 6.07) is 1.69. The highest BCUT2D eigenvalue weighted by atomic mass is 32.2. The largest absolute Gasteiger partial charge is 0.462 e. The van der Waals surface area contributed by atoms with Crippen LogP contribution in [-0.4, -0.2) is 29.3 Å². The van der Waals surface area contributed by atoms with Gasteiger partial charge in [0.2, 0.25) is 4.38 Å². The van der Waals surface area contributed by atoms with Gasteiger partial charge in [0.1, 0.15) is 6.07 Å². The van der Waals surface area contributed by atoms with Crippen molar-refractivity contribution in [2.75, 3.05) is 12.9 Å². The molecule has 16 heavy (non-hydrogen) atoms. The molecular weight excluding hydrogens is 246 g/mol. The molecule has 0 bridgehead atoms. The smallest absolute Gasteiger partial charge is 0.362 e. The van der Waals surface area contributed by atoms with Crippen LogP contribution in [0.1, 0.15) is 12.8 Å². The molecule has 88 valence electrons. The van der Waals surface area contributed by atoms with Gasteiger partial charge in [-0.1, -0.05) is 17.8 Å². The van der Waals surface area contributed by atoms with Crippen molar-refractivity contribution in [1.29, 1.82) is 5.26 Å². The van der Waals surface area contributed by atoms with E-state index in [0.29, 0.717) is 6.42 Å². The van der Waals surface area contributed by atoms with Crippen molar-refractivity contribution in [1.82, 2.24) is 0 Å². The maximum absolute atomic E-state index is 11.3. The van der Waals surface area contributed by atoms with E-state index in [1.165, 1.54) is 0 Å². The first kappa shape index (κ1) is 14.9. The van der Waals surface area contributed by atoms with Crippen LogP contribution in [0.5, 0.6) is 0 Å². The lowest BCUT2D eigenvalue weighted by atomic mass is 10.3. The molecule has 0 fully saturated rings. The summed E-state index contributed by atoms with van der Waals surface area (Å²) in [5.74, 6) is -0.706. The number of nitrogens with zero attached hydrogens (tertiary/aromatic N) is 1. The van der Waals surface area contributed by atoms with Gasteiger partial charge in [-0.2, -0.15) is 5.26 Å². The molecule has 0 radical (unpaired) electrons. The highest BCUT2D eigenvalue weighted by Gasteiger charge is 2.22. The van der Waals surface area contributed by atoms with Gasteiger partial charge < -0.3 is 9.47 Å². The van der Waals surface area contributed by atoms with Crippen LogP contribution in [0.3, 0.4) is 0 Å². The van der Waals surface area contributed by atoms with Crippen molar-refractivity contribution >= 4 is 34.3 Å². The first-order chi connectivity index (χ1) is 7.65. The highest BCUT2D eigenvalue weighted by molar-refractivity contribution is 8.22. The molecular formula is C10H13NO3S2. The molecule has 0 rings (SSSR count). The Morgan fingerprint density at radius 1 is 1.75 bits per heavy atom. The maximum Gasteiger partial charge on any atom is 0.362 e. The number of thiocarbonyl (C=S) groups is 1. The Kier molecular flexibility index (Phi) is 8.58. The third-order valence-electron chi connectivity index (χ3n) is 1.51. The van der Waals surface area contributed by atoms with E-state index < -0.39 is 12.1 Å². The molecule has 6 heteroatoms. The molecule has 1 unspecified atom stereocenters. The van der Waals surface area contributed by atoms with E-state index in [2.05, 4.69) is 6.58 Å². The van der Waals surface area contributed by atoms with Crippen LogP contribution < -0.4 is 0 Å². The predicted octanol–water partition coefficient (Wildman–Crippen LogP) is 2.05. The zero-order valence-electron chi connectivity index (χ0n) is 8.97. The highest BCUT2D eigenvalue weighted by Crippen LogP contribution is 2.05. The van der Waals surface area contributed by atoms with Gasteiger partial charge in [0.15, 0.2) is 0 Å². The second-order valence-corrected chi connectivity index (χ2v) is 4.09. The van der Waals surface area contributed by atoms with Crippen molar-refractivity contribution in [3.05, 3.63) is 12.7 Å². The topological polar surface area (TPSA) is 59.3 Å². The van der Waals surface area contributed by atoms with Crippen molar-refractivity contribution in [2.45, 2.75) is 18.9 Å². The van der Waals surface area contributed by atoms with Crippen LogP contribution in [0.15, 0.2) is 12.7 Å². The lowest BCUT2D eigenvalue weighted by Crippen LogP contribution is -2.26. The van der Waals surface area contributed by atoms with Crippen molar-refractivity contribution in [2.24, 2.45) is 0 Å². The van der Waals surface area contributed by atoms with Crippen LogP contribution in [0.2, 0.25) is 0 Å². The second kappa shape index (κ2) is 9.19. The summed E-state index contributed by atoms with van der Waals surface area (Å²) in [6.45, 7) is 3.79. The Labute approximate surface area is 105 Å². The SMILES string of the molecule is C=CCCCOC(=O)C(C#N)OC(=S)SC. The summed E-state index contributed by atoms with van der Waals surface area (Å²) in [7, 11) is 0. The van der Waals surface area contributed by atoms with Crippen LogP contribution in [0, 0.1) is 11.3 Å². The number of allylic oxidation sites excluding steroid dienone is 1. The van der Waals surface area contributed by atoms with Gasteiger partial charge in [0.05, 0.1) is 6.61 Å². The number of ether oxygens (including phenoxy) is 2. The van der Waals surface area contributed by atoms with Gasteiger partial charge >= 0.3 is 5.97 Å². The molecule has 0 spiro atoms. The third kappa shape index (κ3) is 6.43. The minimum absolute atomic E-state index is 0.148. The summed E-state index contributed by atoms with van der Waals surface area (Å²) >= 11 is 5.89. The molecule has 0 saturated heterocycles. The minimum atomic E-state index is -1.27. The molecule has 0 amide bonds. The fourth-order valence-corrected chi connectivity index (χ4v) is 1.04. The average molecular weight is 259 g/mol. The van der Waals surface area contributed by atoms with Crippen LogP contribution >= 0.6 is 24.0 Å². The first-order valence-electron chi connectivity index (χ1n) is 4.57. The van der Waals surface area contributed by atoms with Crippen molar-refractivity contribution < 1.29 is 14.3 Å². The average Bonchev–Trinajstić information content (AvgIpc) is 2.30. The Bertz CT molecular complexity index is 299.